The van der Waals surface area contributed by atoms with Crippen molar-refractivity contribution in [2.24, 2.45) is 0 Å². The van der Waals surface area contributed by atoms with Crippen molar-refractivity contribution in [2.75, 3.05) is 5.75 Å². The van der Waals surface area contributed by atoms with Crippen LogP contribution in [0.1, 0.15) is 13.3 Å². The first kappa shape index (κ1) is 10.1. The highest BCUT2D eigenvalue weighted by molar-refractivity contribution is 7.99. The zero-order valence-electron chi connectivity index (χ0n) is 6.55. The van der Waals surface area contributed by atoms with Gasteiger partial charge in [-0.2, -0.15) is 0 Å². The van der Waals surface area contributed by atoms with Crippen LogP contribution in [-0.2, 0) is 0 Å². The maximum Gasteiger partial charge on any atom is 0.223 e. The summed E-state index contributed by atoms with van der Waals surface area (Å²) in [4.78, 5) is 8.56. The second kappa shape index (κ2) is 4.90. The molecule has 1 aromatic rings. The fourth-order valence-corrected chi connectivity index (χ4v) is 1.82. The first-order valence-corrected chi connectivity index (χ1v) is 5.29. The van der Waals surface area contributed by atoms with Crippen LogP contribution in [0.5, 0.6) is 0 Å². The molecule has 66 valence electrons. The normalized spacial score (nSPS) is 10.2. The van der Waals surface area contributed by atoms with Crippen molar-refractivity contribution in [1.29, 1.82) is 0 Å². The molecule has 0 saturated carbocycles. The number of thioether (sulfide) groups is 1. The van der Waals surface area contributed by atoms with Crippen molar-refractivity contribution in [3.8, 4) is 0 Å². The second-order valence-electron chi connectivity index (χ2n) is 2.14. The van der Waals surface area contributed by atoms with Crippen LogP contribution < -0.4 is 0 Å². The number of rotatable bonds is 3. The summed E-state index contributed by atoms with van der Waals surface area (Å²) >= 11 is 13.0. The van der Waals surface area contributed by atoms with Gasteiger partial charge in [-0.15, -0.1) is 11.8 Å². The second-order valence-corrected chi connectivity index (χ2v) is 3.98. The molecule has 0 radical (unpaired) electrons. The molecular weight excluding hydrogens is 215 g/mol. The van der Waals surface area contributed by atoms with Crippen LogP contribution in [-0.4, -0.2) is 15.7 Å². The summed E-state index contributed by atoms with van der Waals surface area (Å²) in [6, 6.07) is 0. The summed E-state index contributed by atoms with van der Waals surface area (Å²) < 4.78 is 0. The van der Waals surface area contributed by atoms with Gasteiger partial charge in [-0.05, 0) is 23.8 Å². The molecule has 1 heterocycles. The van der Waals surface area contributed by atoms with Gasteiger partial charge in [-0.3, -0.25) is 0 Å². The summed E-state index contributed by atoms with van der Waals surface area (Å²) in [5.41, 5.74) is 0. The van der Waals surface area contributed by atoms with Gasteiger partial charge in [0.15, 0.2) is 0 Å². The van der Waals surface area contributed by atoms with Crippen LogP contribution in [0.15, 0.2) is 11.1 Å². The summed E-state index contributed by atoms with van der Waals surface area (Å²) in [5.74, 6) is 1.02. The number of halogens is 2. The third-order valence-electron chi connectivity index (χ3n) is 1.14. The van der Waals surface area contributed by atoms with Gasteiger partial charge in [0.25, 0.3) is 0 Å². The third-order valence-corrected chi connectivity index (χ3v) is 2.95. The number of nitrogens with zero attached hydrogens (tertiary/aromatic N) is 2. The van der Waals surface area contributed by atoms with Crippen molar-refractivity contribution >= 4 is 35.0 Å². The van der Waals surface area contributed by atoms with E-state index >= 15 is 0 Å². The van der Waals surface area contributed by atoms with E-state index in [1.165, 1.54) is 0 Å². The molecule has 0 N–H and O–H groups in total. The van der Waals surface area contributed by atoms with Crippen molar-refractivity contribution < 1.29 is 0 Å². The van der Waals surface area contributed by atoms with E-state index in [4.69, 9.17) is 23.2 Å². The smallest absolute Gasteiger partial charge is 0.223 e. The molecule has 0 saturated heterocycles. The topological polar surface area (TPSA) is 25.8 Å². The highest BCUT2D eigenvalue weighted by Crippen LogP contribution is 2.25. The molecule has 0 unspecified atom stereocenters. The molecule has 0 aliphatic carbocycles. The van der Waals surface area contributed by atoms with E-state index in [-0.39, 0.29) is 5.28 Å². The first-order valence-electron chi connectivity index (χ1n) is 3.55. The van der Waals surface area contributed by atoms with Crippen LogP contribution in [0.25, 0.3) is 0 Å². The molecule has 2 nitrogen and oxygen atoms in total. The predicted molar refractivity (Wildman–Crippen MR) is 53.1 cm³/mol. The van der Waals surface area contributed by atoms with E-state index in [0.29, 0.717) is 5.15 Å². The lowest BCUT2D eigenvalue weighted by atomic mass is 10.6. The van der Waals surface area contributed by atoms with Crippen molar-refractivity contribution in [3.05, 3.63) is 16.6 Å². The van der Waals surface area contributed by atoms with E-state index in [9.17, 15) is 0 Å². The minimum absolute atomic E-state index is 0.195. The van der Waals surface area contributed by atoms with Crippen LogP contribution in [0, 0.1) is 0 Å². The van der Waals surface area contributed by atoms with Gasteiger partial charge in [-0.1, -0.05) is 18.5 Å². The molecule has 1 rings (SSSR count). The highest BCUT2D eigenvalue weighted by Gasteiger charge is 2.02. The van der Waals surface area contributed by atoms with E-state index in [0.717, 1.165) is 17.1 Å². The Kier molecular flexibility index (Phi) is 4.12. The fourth-order valence-electron chi connectivity index (χ4n) is 0.639. The third kappa shape index (κ3) is 2.81. The minimum atomic E-state index is 0.195. The monoisotopic (exact) mass is 222 g/mol. The maximum absolute atomic E-state index is 5.81. The van der Waals surface area contributed by atoms with Gasteiger partial charge in [0, 0.05) is 6.20 Å². The molecule has 0 aromatic carbocycles. The fraction of sp³-hybridized carbons (Fsp3) is 0.429. The molecule has 0 aliphatic heterocycles. The van der Waals surface area contributed by atoms with Crippen molar-refractivity contribution in [2.45, 2.75) is 18.2 Å². The lowest BCUT2D eigenvalue weighted by Gasteiger charge is -2.00. The van der Waals surface area contributed by atoms with Crippen LogP contribution in [0.2, 0.25) is 10.4 Å². The zero-order valence-corrected chi connectivity index (χ0v) is 8.88. The van der Waals surface area contributed by atoms with Gasteiger partial charge in [-0.25, -0.2) is 9.97 Å². The number of aromatic nitrogens is 2. The molecule has 0 amide bonds. The quantitative estimate of drug-likeness (QED) is 0.446. The summed E-state index contributed by atoms with van der Waals surface area (Å²) in [6.45, 7) is 2.11. The Morgan fingerprint density at radius 2 is 2.25 bits per heavy atom. The van der Waals surface area contributed by atoms with E-state index in [2.05, 4.69) is 16.9 Å². The molecule has 1 aromatic heterocycles. The van der Waals surface area contributed by atoms with Gasteiger partial charge < -0.3 is 0 Å². The molecular formula is C7H8Cl2N2S. The Morgan fingerprint density at radius 1 is 1.50 bits per heavy atom. The standard InChI is InChI=1S/C7H8Cl2N2S/c1-2-3-12-5-4-10-7(9)11-6(5)8/h4H,2-3H2,1H3. The SMILES string of the molecule is CCCSc1cnc(Cl)nc1Cl. The first-order chi connectivity index (χ1) is 5.74. The summed E-state index contributed by atoms with van der Waals surface area (Å²) in [6.07, 6.45) is 2.75. The van der Waals surface area contributed by atoms with E-state index in [1.54, 1.807) is 18.0 Å². The van der Waals surface area contributed by atoms with E-state index < -0.39 is 0 Å². The number of hydrogen-bond donors (Lipinski definition) is 0. The molecule has 0 spiro atoms. The number of hydrogen-bond acceptors (Lipinski definition) is 3. The van der Waals surface area contributed by atoms with Gasteiger partial charge in [0.2, 0.25) is 5.28 Å². The Balaban J connectivity index is 2.72. The maximum atomic E-state index is 5.81. The van der Waals surface area contributed by atoms with E-state index in [1.807, 2.05) is 0 Å². The summed E-state index contributed by atoms with van der Waals surface area (Å²) in [7, 11) is 0. The molecule has 0 aliphatic rings. The average Bonchev–Trinajstić information content (AvgIpc) is 2.03. The van der Waals surface area contributed by atoms with Gasteiger partial charge in [0.1, 0.15) is 5.15 Å². The Morgan fingerprint density at radius 3 is 2.83 bits per heavy atom. The van der Waals surface area contributed by atoms with Crippen LogP contribution >= 0.6 is 35.0 Å². The Hall–Kier alpha value is 0.01000. The lowest BCUT2D eigenvalue weighted by Crippen LogP contribution is -1.86. The Labute approximate surface area is 85.7 Å². The van der Waals surface area contributed by atoms with Crippen molar-refractivity contribution in [1.82, 2.24) is 9.97 Å². The van der Waals surface area contributed by atoms with Gasteiger partial charge in [0.05, 0.1) is 4.90 Å². The van der Waals surface area contributed by atoms with Crippen molar-refractivity contribution in [3.63, 3.8) is 0 Å². The molecule has 12 heavy (non-hydrogen) atoms. The molecule has 5 heteroatoms. The minimum Gasteiger partial charge on any atom is -0.225 e. The highest BCUT2D eigenvalue weighted by atomic mass is 35.5. The van der Waals surface area contributed by atoms with Gasteiger partial charge >= 0.3 is 0 Å². The Bertz CT molecular complexity index is 268. The van der Waals surface area contributed by atoms with Crippen LogP contribution in [0.4, 0.5) is 0 Å². The molecule has 0 atom stereocenters. The molecule has 0 fully saturated rings. The zero-order chi connectivity index (χ0) is 8.97. The largest absolute Gasteiger partial charge is 0.225 e. The average molecular weight is 223 g/mol. The van der Waals surface area contributed by atoms with Crippen LogP contribution in [0.3, 0.4) is 0 Å². The molecule has 0 bridgehead atoms. The summed E-state index contributed by atoms with van der Waals surface area (Å²) in [5, 5.41) is 0.634. The predicted octanol–water partition coefficient (Wildman–Crippen LogP) is 3.29. The lowest BCUT2D eigenvalue weighted by molar-refractivity contribution is 1.08.